The highest BCUT2D eigenvalue weighted by molar-refractivity contribution is 7.17. The van der Waals surface area contributed by atoms with Crippen LogP contribution in [0.4, 0.5) is 5.00 Å². The summed E-state index contributed by atoms with van der Waals surface area (Å²) in [5, 5.41) is 3.29. The van der Waals surface area contributed by atoms with E-state index in [0.717, 1.165) is 40.2 Å². The van der Waals surface area contributed by atoms with Crippen molar-refractivity contribution in [2.75, 3.05) is 32.8 Å². The first-order valence-electron chi connectivity index (χ1n) is 13.2. The van der Waals surface area contributed by atoms with Gasteiger partial charge in [0.05, 0.1) is 27.4 Å². The molecule has 0 aliphatic rings. The smallest absolute Gasteiger partial charge is 0.341 e. The highest BCUT2D eigenvalue weighted by Crippen LogP contribution is 2.41. The van der Waals surface area contributed by atoms with E-state index in [0.29, 0.717) is 35.3 Å². The molecule has 0 aliphatic heterocycles. The maximum absolute atomic E-state index is 12.9. The van der Waals surface area contributed by atoms with E-state index >= 15 is 0 Å². The number of hydrogen-bond donors (Lipinski definition) is 1. The highest BCUT2D eigenvalue weighted by atomic mass is 32.1. The van der Waals surface area contributed by atoms with Crippen LogP contribution in [0.1, 0.15) is 60.3 Å². The van der Waals surface area contributed by atoms with Crippen LogP contribution in [0.15, 0.2) is 48.5 Å². The summed E-state index contributed by atoms with van der Waals surface area (Å²) in [6.45, 7) is 7.21. The van der Waals surface area contributed by atoms with E-state index in [-0.39, 0.29) is 5.91 Å². The third-order valence-electron chi connectivity index (χ3n) is 6.03. The van der Waals surface area contributed by atoms with Gasteiger partial charge in [-0.1, -0.05) is 44.4 Å². The molecule has 0 atom stereocenters. The number of methoxy groups -OCH3 is 2. The van der Waals surface area contributed by atoms with Gasteiger partial charge in [0.2, 0.25) is 5.91 Å². The van der Waals surface area contributed by atoms with Crippen LogP contribution >= 0.6 is 11.3 Å². The van der Waals surface area contributed by atoms with Gasteiger partial charge >= 0.3 is 5.97 Å². The second-order valence-electron chi connectivity index (χ2n) is 8.83. The fourth-order valence-electron chi connectivity index (χ4n) is 4.11. The molecule has 0 unspecified atom stereocenters. The molecule has 2 aromatic carbocycles. The minimum absolute atomic E-state index is 0.327. The minimum atomic E-state index is -0.516. The van der Waals surface area contributed by atoms with Crippen molar-refractivity contribution in [3.8, 4) is 28.4 Å². The van der Waals surface area contributed by atoms with Gasteiger partial charge in [0, 0.05) is 16.5 Å². The SMILES string of the molecule is CCCCCCOc1ccc(/C=C/C(=O)Nc2sc(C)c(-c3ccc(OCC)cc3)c2C(=O)OC)cc1OC. The number of ether oxygens (including phenoxy) is 4. The van der Waals surface area contributed by atoms with Gasteiger partial charge in [-0.3, -0.25) is 4.79 Å². The first-order valence-corrected chi connectivity index (χ1v) is 14.0. The Labute approximate surface area is 234 Å². The molecule has 3 rings (SSSR count). The predicted molar refractivity (Wildman–Crippen MR) is 157 cm³/mol. The Hall–Kier alpha value is -3.78. The van der Waals surface area contributed by atoms with Crippen LogP contribution in [0.3, 0.4) is 0 Å². The maximum atomic E-state index is 12.9. The molecule has 1 aromatic heterocycles. The summed E-state index contributed by atoms with van der Waals surface area (Å²) in [4.78, 5) is 26.5. The van der Waals surface area contributed by atoms with Gasteiger partial charge < -0.3 is 24.3 Å². The van der Waals surface area contributed by atoms with Crippen molar-refractivity contribution in [1.29, 1.82) is 0 Å². The number of unbranched alkanes of at least 4 members (excludes halogenated alkanes) is 3. The molecule has 1 heterocycles. The van der Waals surface area contributed by atoms with E-state index in [1.807, 2.05) is 56.3 Å². The lowest BCUT2D eigenvalue weighted by atomic mass is 10.0. The van der Waals surface area contributed by atoms with Crippen LogP contribution < -0.4 is 19.5 Å². The van der Waals surface area contributed by atoms with Gasteiger partial charge in [0.25, 0.3) is 0 Å². The van der Waals surface area contributed by atoms with Crippen LogP contribution in [0.25, 0.3) is 17.2 Å². The lowest BCUT2D eigenvalue weighted by molar-refractivity contribution is -0.111. The van der Waals surface area contributed by atoms with Crippen molar-refractivity contribution in [3.63, 3.8) is 0 Å². The van der Waals surface area contributed by atoms with Crippen LogP contribution in [0, 0.1) is 6.92 Å². The number of hydrogen-bond acceptors (Lipinski definition) is 7. The largest absolute Gasteiger partial charge is 0.494 e. The quantitative estimate of drug-likeness (QED) is 0.127. The zero-order valence-corrected chi connectivity index (χ0v) is 24.1. The topological polar surface area (TPSA) is 83.1 Å². The standard InChI is InChI=1S/C31H37NO6S/c1-6-8-9-10-19-38-25-17-11-22(20-26(25)35-4)12-18-27(33)32-30-29(31(34)36-5)28(21(3)39-30)23-13-15-24(16-14-23)37-7-2/h11-18,20H,6-10,19H2,1-5H3,(H,32,33)/b18-12+. The number of carbonyl (C=O) groups is 2. The van der Waals surface area contributed by atoms with E-state index < -0.39 is 5.97 Å². The molecule has 3 aromatic rings. The predicted octanol–water partition coefficient (Wildman–Crippen LogP) is 7.53. The average molecular weight is 552 g/mol. The molecule has 8 heteroatoms. The number of nitrogens with one attached hydrogen (secondary N) is 1. The Bertz CT molecular complexity index is 1280. The Kier molecular flexibility index (Phi) is 11.4. The number of thiophene rings is 1. The Morgan fingerprint density at radius 1 is 0.949 bits per heavy atom. The van der Waals surface area contributed by atoms with E-state index in [1.54, 1.807) is 13.2 Å². The lowest BCUT2D eigenvalue weighted by Gasteiger charge is -2.11. The summed E-state index contributed by atoms with van der Waals surface area (Å²) in [5.41, 5.74) is 2.67. The van der Waals surface area contributed by atoms with Crippen LogP contribution in [-0.4, -0.2) is 39.3 Å². The molecule has 0 fully saturated rings. The van der Waals surface area contributed by atoms with Crippen LogP contribution in [0.2, 0.25) is 0 Å². The van der Waals surface area contributed by atoms with Crippen molar-refractivity contribution < 1.29 is 28.5 Å². The number of anilines is 1. The molecule has 0 bridgehead atoms. The molecule has 0 radical (unpaired) electrons. The molecule has 1 amide bonds. The minimum Gasteiger partial charge on any atom is -0.494 e. The van der Waals surface area contributed by atoms with Crippen LogP contribution in [-0.2, 0) is 9.53 Å². The van der Waals surface area contributed by atoms with Gasteiger partial charge in [0.15, 0.2) is 11.5 Å². The fraction of sp³-hybridized carbons (Fsp3) is 0.355. The summed E-state index contributed by atoms with van der Waals surface area (Å²) in [7, 11) is 2.92. The van der Waals surface area contributed by atoms with Crippen LogP contribution in [0.5, 0.6) is 17.2 Å². The maximum Gasteiger partial charge on any atom is 0.341 e. The average Bonchev–Trinajstić information content (AvgIpc) is 3.27. The molecule has 0 spiro atoms. The van der Waals surface area contributed by atoms with Gasteiger partial charge in [-0.15, -0.1) is 11.3 Å². The number of rotatable bonds is 14. The molecule has 0 saturated carbocycles. The highest BCUT2D eigenvalue weighted by Gasteiger charge is 2.25. The summed E-state index contributed by atoms with van der Waals surface area (Å²) in [6.07, 6.45) is 7.62. The van der Waals surface area contributed by atoms with Gasteiger partial charge in [-0.05, 0) is 61.7 Å². The lowest BCUT2D eigenvalue weighted by Crippen LogP contribution is -2.11. The number of benzene rings is 2. The molecular weight excluding hydrogens is 514 g/mol. The van der Waals surface area contributed by atoms with Crippen molar-refractivity contribution in [2.24, 2.45) is 0 Å². The van der Waals surface area contributed by atoms with Crippen molar-refractivity contribution in [3.05, 3.63) is 64.5 Å². The van der Waals surface area contributed by atoms with Crippen molar-refractivity contribution >= 4 is 34.3 Å². The fourth-order valence-corrected chi connectivity index (χ4v) is 5.17. The van der Waals surface area contributed by atoms with E-state index in [4.69, 9.17) is 18.9 Å². The molecule has 0 saturated heterocycles. The zero-order valence-electron chi connectivity index (χ0n) is 23.3. The summed E-state index contributed by atoms with van der Waals surface area (Å²) in [6, 6.07) is 13.0. The normalized spacial score (nSPS) is 10.9. The Morgan fingerprint density at radius 2 is 1.72 bits per heavy atom. The zero-order chi connectivity index (χ0) is 28.2. The second-order valence-corrected chi connectivity index (χ2v) is 10.1. The second kappa shape index (κ2) is 15.0. The molecule has 1 N–H and O–H groups in total. The Balaban J connectivity index is 1.76. The monoisotopic (exact) mass is 551 g/mol. The number of amides is 1. The summed E-state index contributed by atoms with van der Waals surface area (Å²) >= 11 is 1.33. The molecule has 0 aliphatic carbocycles. The number of esters is 1. The molecule has 7 nitrogen and oxygen atoms in total. The third kappa shape index (κ3) is 8.10. The van der Waals surface area contributed by atoms with Gasteiger partial charge in [0.1, 0.15) is 16.3 Å². The van der Waals surface area contributed by atoms with E-state index in [2.05, 4.69) is 12.2 Å². The number of carbonyl (C=O) groups excluding carboxylic acids is 2. The molecule has 39 heavy (non-hydrogen) atoms. The first kappa shape index (κ1) is 29.8. The molecular formula is C31H37NO6S. The first-order chi connectivity index (χ1) is 18.9. The number of aryl methyl sites for hydroxylation is 1. The molecule has 208 valence electrons. The van der Waals surface area contributed by atoms with E-state index in [1.165, 1.54) is 37.4 Å². The van der Waals surface area contributed by atoms with Gasteiger partial charge in [-0.2, -0.15) is 0 Å². The van der Waals surface area contributed by atoms with E-state index in [9.17, 15) is 9.59 Å². The third-order valence-corrected chi connectivity index (χ3v) is 7.06. The summed E-state index contributed by atoms with van der Waals surface area (Å²) in [5.74, 6) is 1.15. The van der Waals surface area contributed by atoms with Gasteiger partial charge in [-0.25, -0.2) is 4.79 Å². The van der Waals surface area contributed by atoms with Crippen molar-refractivity contribution in [1.82, 2.24) is 0 Å². The summed E-state index contributed by atoms with van der Waals surface area (Å²) < 4.78 is 21.9. The van der Waals surface area contributed by atoms with Crippen molar-refractivity contribution in [2.45, 2.75) is 46.5 Å². The Morgan fingerprint density at radius 3 is 2.38 bits per heavy atom.